The average molecular weight is 452 g/mol. The molecule has 4 aromatic carbocycles. The fourth-order valence-corrected chi connectivity index (χ4v) is 4.01. The molecular formula is C29H29N3O2. The minimum Gasteiger partial charge on any atom is -0.352 e. The predicted molar refractivity (Wildman–Crippen MR) is 137 cm³/mol. The molecule has 1 atom stereocenters. The Morgan fingerprint density at radius 1 is 0.794 bits per heavy atom. The molecule has 5 heteroatoms. The van der Waals surface area contributed by atoms with Gasteiger partial charge in [0.15, 0.2) is 0 Å². The molecule has 3 amide bonds. The summed E-state index contributed by atoms with van der Waals surface area (Å²) in [7, 11) is 0. The van der Waals surface area contributed by atoms with Gasteiger partial charge in [-0.1, -0.05) is 97.1 Å². The van der Waals surface area contributed by atoms with E-state index in [1.165, 1.54) is 0 Å². The quantitative estimate of drug-likeness (QED) is 0.338. The van der Waals surface area contributed by atoms with Gasteiger partial charge < -0.3 is 15.5 Å². The van der Waals surface area contributed by atoms with Crippen molar-refractivity contribution in [3.05, 3.63) is 114 Å². The molecule has 0 saturated carbocycles. The Kier molecular flexibility index (Phi) is 7.56. The second-order valence-corrected chi connectivity index (χ2v) is 8.25. The normalized spacial score (nSPS) is 11.6. The Morgan fingerprint density at radius 2 is 1.44 bits per heavy atom. The monoisotopic (exact) mass is 451 g/mol. The zero-order valence-electron chi connectivity index (χ0n) is 19.3. The van der Waals surface area contributed by atoms with Gasteiger partial charge in [-0.2, -0.15) is 0 Å². The first-order valence-electron chi connectivity index (χ1n) is 11.5. The molecule has 0 radical (unpaired) electrons. The van der Waals surface area contributed by atoms with Gasteiger partial charge in [0, 0.05) is 24.9 Å². The standard InChI is InChI=1S/C29H29N3O2/c1-22(24-13-6-3-7-14-24)32(20-19-28(33)30-21-23-11-4-2-5-12-23)29(34)31-27-18-10-16-25-15-8-9-17-26(25)27/h2-18,22H,19-21H2,1H3,(H,30,33)(H,31,34). The van der Waals surface area contributed by atoms with Crippen LogP contribution in [0.25, 0.3) is 10.8 Å². The Bertz CT molecular complexity index is 1240. The number of carbonyl (C=O) groups is 2. The summed E-state index contributed by atoms with van der Waals surface area (Å²) in [5.41, 5.74) is 2.81. The van der Waals surface area contributed by atoms with Crippen LogP contribution in [0.3, 0.4) is 0 Å². The number of fused-ring (bicyclic) bond motifs is 1. The van der Waals surface area contributed by atoms with Crippen molar-refractivity contribution >= 4 is 28.4 Å². The molecule has 4 rings (SSSR count). The van der Waals surface area contributed by atoms with Gasteiger partial charge in [0.05, 0.1) is 11.7 Å². The van der Waals surface area contributed by atoms with Crippen LogP contribution in [0.5, 0.6) is 0 Å². The second kappa shape index (κ2) is 11.1. The molecule has 0 bridgehead atoms. The van der Waals surface area contributed by atoms with Crippen LogP contribution in [0.4, 0.5) is 10.5 Å². The van der Waals surface area contributed by atoms with Gasteiger partial charge in [-0.05, 0) is 29.5 Å². The van der Waals surface area contributed by atoms with Gasteiger partial charge in [0.2, 0.25) is 5.91 Å². The van der Waals surface area contributed by atoms with Crippen LogP contribution in [-0.2, 0) is 11.3 Å². The van der Waals surface area contributed by atoms with E-state index in [2.05, 4.69) is 10.6 Å². The maximum atomic E-state index is 13.4. The highest BCUT2D eigenvalue weighted by atomic mass is 16.2. The number of nitrogens with one attached hydrogen (secondary N) is 2. The lowest BCUT2D eigenvalue weighted by molar-refractivity contribution is -0.121. The largest absolute Gasteiger partial charge is 0.352 e. The van der Waals surface area contributed by atoms with Crippen LogP contribution in [0.2, 0.25) is 0 Å². The summed E-state index contributed by atoms with van der Waals surface area (Å²) in [5, 5.41) is 8.06. The van der Waals surface area contributed by atoms with Crippen LogP contribution in [0, 0.1) is 0 Å². The summed E-state index contributed by atoms with van der Waals surface area (Å²) < 4.78 is 0. The fraction of sp³-hybridized carbons (Fsp3) is 0.172. The molecule has 0 fully saturated rings. The van der Waals surface area contributed by atoms with E-state index < -0.39 is 0 Å². The Labute approximate surface area is 200 Å². The lowest BCUT2D eigenvalue weighted by atomic mass is 10.1. The van der Waals surface area contributed by atoms with E-state index in [-0.39, 0.29) is 24.4 Å². The Hall–Kier alpha value is -4.12. The summed E-state index contributed by atoms with van der Waals surface area (Å²) in [6.07, 6.45) is 0.215. The third kappa shape index (κ3) is 5.81. The molecule has 0 heterocycles. The zero-order valence-corrected chi connectivity index (χ0v) is 19.3. The summed E-state index contributed by atoms with van der Waals surface area (Å²) in [6.45, 7) is 2.75. The third-order valence-corrected chi connectivity index (χ3v) is 5.95. The van der Waals surface area contributed by atoms with Gasteiger partial charge in [-0.3, -0.25) is 4.79 Å². The van der Waals surface area contributed by atoms with E-state index in [9.17, 15) is 9.59 Å². The van der Waals surface area contributed by atoms with Crippen LogP contribution in [0.1, 0.15) is 30.5 Å². The summed E-state index contributed by atoms with van der Waals surface area (Å²) >= 11 is 0. The number of amides is 3. The summed E-state index contributed by atoms with van der Waals surface area (Å²) in [5.74, 6) is -0.0907. The lowest BCUT2D eigenvalue weighted by Gasteiger charge is -2.30. The minimum absolute atomic E-state index is 0.0907. The number of hydrogen-bond acceptors (Lipinski definition) is 2. The fourth-order valence-electron chi connectivity index (χ4n) is 4.01. The molecule has 0 saturated heterocycles. The van der Waals surface area contributed by atoms with Crippen LogP contribution >= 0.6 is 0 Å². The summed E-state index contributed by atoms with van der Waals surface area (Å²) in [4.78, 5) is 27.7. The van der Waals surface area contributed by atoms with Crippen LogP contribution in [0.15, 0.2) is 103 Å². The molecule has 2 N–H and O–H groups in total. The SMILES string of the molecule is CC(c1ccccc1)N(CCC(=O)NCc1ccccc1)C(=O)Nc1cccc2ccccc12. The molecule has 0 spiro atoms. The number of benzene rings is 4. The molecule has 0 aliphatic carbocycles. The van der Waals surface area contributed by atoms with E-state index in [0.717, 1.165) is 27.6 Å². The molecule has 1 unspecified atom stereocenters. The molecule has 4 aromatic rings. The van der Waals surface area contributed by atoms with Gasteiger partial charge in [-0.25, -0.2) is 4.79 Å². The van der Waals surface area contributed by atoms with E-state index in [1.807, 2.05) is 110 Å². The maximum Gasteiger partial charge on any atom is 0.322 e. The molecule has 0 aliphatic rings. The highest BCUT2D eigenvalue weighted by Gasteiger charge is 2.23. The van der Waals surface area contributed by atoms with Crippen molar-refractivity contribution in [2.45, 2.75) is 25.9 Å². The van der Waals surface area contributed by atoms with Gasteiger partial charge in [0.1, 0.15) is 0 Å². The van der Waals surface area contributed by atoms with Crippen molar-refractivity contribution in [2.24, 2.45) is 0 Å². The first kappa shape index (κ1) is 23.1. The number of hydrogen-bond donors (Lipinski definition) is 2. The molecule has 0 aliphatic heterocycles. The molecule has 34 heavy (non-hydrogen) atoms. The van der Waals surface area contributed by atoms with Crippen molar-refractivity contribution in [3.63, 3.8) is 0 Å². The summed E-state index contributed by atoms with van der Waals surface area (Å²) in [6, 6.07) is 33.0. The molecule has 0 aromatic heterocycles. The minimum atomic E-state index is -0.233. The van der Waals surface area contributed by atoms with Crippen molar-refractivity contribution in [1.29, 1.82) is 0 Å². The highest BCUT2D eigenvalue weighted by Crippen LogP contribution is 2.26. The first-order chi connectivity index (χ1) is 16.6. The Balaban J connectivity index is 1.48. The highest BCUT2D eigenvalue weighted by molar-refractivity contribution is 6.01. The number of anilines is 1. The van der Waals surface area contributed by atoms with Gasteiger partial charge >= 0.3 is 6.03 Å². The predicted octanol–water partition coefficient (Wildman–Crippen LogP) is 6.14. The topological polar surface area (TPSA) is 61.4 Å². The molecular weight excluding hydrogens is 422 g/mol. The van der Waals surface area contributed by atoms with Crippen molar-refractivity contribution in [3.8, 4) is 0 Å². The third-order valence-electron chi connectivity index (χ3n) is 5.95. The second-order valence-electron chi connectivity index (χ2n) is 8.25. The van der Waals surface area contributed by atoms with E-state index in [4.69, 9.17) is 0 Å². The van der Waals surface area contributed by atoms with Gasteiger partial charge in [0.25, 0.3) is 0 Å². The van der Waals surface area contributed by atoms with Gasteiger partial charge in [-0.15, -0.1) is 0 Å². The molecule has 5 nitrogen and oxygen atoms in total. The zero-order chi connectivity index (χ0) is 23.8. The van der Waals surface area contributed by atoms with E-state index in [1.54, 1.807) is 4.90 Å². The van der Waals surface area contributed by atoms with E-state index >= 15 is 0 Å². The molecule has 172 valence electrons. The number of urea groups is 1. The van der Waals surface area contributed by atoms with Crippen molar-refractivity contribution in [2.75, 3.05) is 11.9 Å². The first-order valence-corrected chi connectivity index (χ1v) is 11.5. The van der Waals surface area contributed by atoms with Crippen molar-refractivity contribution in [1.82, 2.24) is 10.2 Å². The number of rotatable bonds is 8. The average Bonchev–Trinajstić information content (AvgIpc) is 2.89. The lowest BCUT2D eigenvalue weighted by Crippen LogP contribution is -2.39. The number of nitrogens with zero attached hydrogens (tertiary/aromatic N) is 1. The van der Waals surface area contributed by atoms with Crippen LogP contribution < -0.4 is 10.6 Å². The van der Waals surface area contributed by atoms with E-state index in [0.29, 0.717) is 13.1 Å². The van der Waals surface area contributed by atoms with Crippen LogP contribution in [-0.4, -0.2) is 23.4 Å². The Morgan fingerprint density at radius 3 is 2.21 bits per heavy atom. The maximum absolute atomic E-state index is 13.4. The number of carbonyl (C=O) groups excluding carboxylic acids is 2. The smallest absolute Gasteiger partial charge is 0.322 e. The van der Waals surface area contributed by atoms with Crippen molar-refractivity contribution < 1.29 is 9.59 Å².